The summed E-state index contributed by atoms with van der Waals surface area (Å²) in [6, 6.07) is 21.6. The Labute approximate surface area is 204 Å². The van der Waals surface area contributed by atoms with Crippen molar-refractivity contribution in [1.82, 2.24) is 4.90 Å². The van der Waals surface area contributed by atoms with E-state index in [-0.39, 0.29) is 18.3 Å². The number of likely N-dealkylation sites (N-methyl/N-ethyl adjacent to an activating group) is 1. The molecule has 2 unspecified atom stereocenters. The third kappa shape index (κ3) is 4.28. The molecule has 3 aromatic carbocycles. The van der Waals surface area contributed by atoms with Gasteiger partial charge >= 0.3 is 0 Å². The van der Waals surface area contributed by atoms with Crippen LogP contribution in [0.4, 0.5) is 0 Å². The molecule has 3 aromatic rings. The number of rotatable bonds is 7. The summed E-state index contributed by atoms with van der Waals surface area (Å²) in [6.07, 6.45) is 0.207. The van der Waals surface area contributed by atoms with E-state index in [0.717, 1.165) is 11.1 Å². The smallest absolute Gasteiger partial charge is 0.271 e. The van der Waals surface area contributed by atoms with Crippen LogP contribution >= 0.6 is 0 Å². The Bertz CT molecular complexity index is 1400. The molecule has 1 amide bonds. The van der Waals surface area contributed by atoms with Crippen LogP contribution in [-0.4, -0.2) is 43.9 Å². The van der Waals surface area contributed by atoms with Crippen LogP contribution in [0.5, 0.6) is 5.75 Å². The Balaban J connectivity index is 1.87. The summed E-state index contributed by atoms with van der Waals surface area (Å²) < 4.78 is 38.5. The van der Waals surface area contributed by atoms with Gasteiger partial charge in [0, 0.05) is 7.05 Å². The van der Waals surface area contributed by atoms with Crippen LogP contribution in [0.15, 0.2) is 77.8 Å². The molecular formula is C26H27N3O5S. The molecule has 0 aliphatic carbocycles. The van der Waals surface area contributed by atoms with E-state index in [1.54, 1.807) is 45.3 Å². The number of aliphatic imine (C=N–C) groups is 1. The van der Waals surface area contributed by atoms with Crippen molar-refractivity contribution in [2.45, 2.75) is 24.1 Å². The van der Waals surface area contributed by atoms with E-state index >= 15 is 0 Å². The molecule has 4 rings (SSSR count). The first-order valence-corrected chi connectivity index (χ1v) is 12.6. The summed E-state index contributed by atoms with van der Waals surface area (Å²) >= 11 is 0. The Morgan fingerprint density at radius 3 is 2.20 bits per heavy atom. The minimum atomic E-state index is -4.27. The second kappa shape index (κ2) is 9.16. The van der Waals surface area contributed by atoms with Crippen molar-refractivity contribution in [3.05, 3.63) is 89.5 Å². The van der Waals surface area contributed by atoms with Gasteiger partial charge in [0.15, 0.2) is 11.5 Å². The van der Waals surface area contributed by atoms with E-state index in [9.17, 15) is 17.8 Å². The number of guanidine groups is 1. The maximum absolute atomic E-state index is 13.6. The zero-order chi connectivity index (χ0) is 25.4. The maximum atomic E-state index is 13.6. The largest absolute Gasteiger partial charge is 0.497 e. The van der Waals surface area contributed by atoms with Crippen molar-refractivity contribution in [2.75, 3.05) is 14.2 Å². The number of carbonyl (C=O) groups is 1. The van der Waals surface area contributed by atoms with Gasteiger partial charge in [0.05, 0.1) is 7.11 Å². The van der Waals surface area contributed by atoms with Crippen molar-refractivity contribution in [2.24, 2.45) is 10.7 Å². The first-order valence-electron chi connectivity index (χ1n) is 11.1. The number of hydrogen-bond acceptors (Lipinski definition) is 6. The number of ether oxygens (including phenoxy) is 1. The molecule has 0 saturated heterocycles. The van der Waals surface area contributed by atoms with E-state index in [0.29, 0.717) is 22.4 Å². The molecule has 3 N–H and O–H groups in total. The maximum Gasteiger partial charge on any atom is 0.271 e. The van der Waals surface area contributed by atoms with Crippen molar-refractivity contribution in [3.63, 3.8) is 0 Å². The van der Waals surface area contributed by atoms with Crippen molar-refractivity contribution >= 4 is 22.0 Å². The average molecular weight is 494 g/mol. The minimum Gasteiger partial charge on any atom is -0.497 e. The number of nitrogens with two attached hydrogens (primary N) is 1. The summed E-state index contributed by atoms with van der Waals surface area (Å²) in [4.78, 5) is 19.5. The lowest BCUT2D eigenvalue weighted by atomic mass is 9.81. The van der Waals surface area contributed by atoms with Gasteiger partial charge in [0.2, 0.25) is 0 Å². The number of methoxy groups -OCH3 is 1. The predicted octanol–water partition coefficient (Wildman–Crippen LogP) is 3.73. The van der Waals surface area contributed by atoms with Crippen LogP contribution < -0.4 is 10.5 Å². The van der Waals surface area contributed by atoms with Crippen LogP contribution in [0.2, 0.25) is 0 Å². The summed E-state index contributed by atoms with van der Waals surface area (Å²) in [5.41, 5.74) is 8.00. The quantitative estimate of drug-likeness (QED) is 0.484. The first kappa shape index (κ1) is 24.4. The average Bonchev–Trinajstić information content (AvgIpc) is 3.09. The second-order valence-electron chi connectivity index (χ2n) is 8.39. The zero-order valence-electron chi connectivity index (χ0n) is 19.7. The summed E-state index contributed by atoms with van der Waals surface area (Å²) in [6.45, 7) is 1.68. The van der Waals surface area contributed by atoms with E-state index < -0.39 is 20.9 Å². The molecule has 9 heteroatoms. The molecule has 182 valence electrons. The molecule has 0 radical (unpaired) electrons. The second-order valence-corrected chi connectivity index (χ2v) is 9.99. The molecular weight excluding hydrogens is 466 g/mol. The minimum absolute atomic E-state index is 0.0789. The van der Waals surface area contributed by atoms with Crippen LogP contribution in [-0.2, 0) is 20.5 Å². The molecule has 2 atom stereocenters. The molecule has 8 nitrogen and oxygen atoms in total. The van der Waals surface area contributed by atoms with Gasteiger partial charge in [-0.25, -0.2) is 4.99 Å². The van der Waals surface area contributed by atoms with Gasteiger partial charge in [-0.05, 0) is 52.4 Å². The standard InChI is InChI=1S/C26H27N3O5S/c1-4-23(35(31,32)33)17-11-13-20(14-12-17)26(24(30)29(2)25(27)28-26)21-9-5-7-18(15-21)19-8-6-10-22(16-19)34-3/h5-16,23H,4H2,1-3H3,(H2,27,28)(H,31,32,33). The van der Waals surface area contributed by atoms with Gasteiger partial charge < -0.3 is 10.5 Å². The van der Waals surface area contributed by atoms with Crippen molar-refractivity contribution in [3.8, 4) is 16.9 Å². The first-order chi connectivity index (χ1) is 16.6. The zero-order valence-corrected chi connectivity index (χ0v) is 20.5. The Kier molecular flexibility index (Phi) is 6.40. The monoisotopic (exact) mass is 493 g/mol. The summed E-state index contributed by atoms with van der Waals surface area (Å²) in [7, 11) is -1.11. The van der Waals surface area contributed by atoms with E-state index in [4.69, 9.17) is 10.5 Å². The van der Waals surface area contributed by atoms with Gasteiger partial charge in [0.25, 0.3) is 16.0 Å². The highest BCUT2D eigenvalue weighted by molar-refractivity contribution is 7.86. The summed E-state index contributed by atoms with van der Waals surface area (Å²) in [5.74, 6) is 0.462. The van der Waals surface area contributed by atoms with E-state index in [2.05, 4.69) is 4.99 Å². The number of hydrogen-bond donors (Lipinski definition) is 2. The van der Waals surface area contributed by atoms with Gasteiger partial charge in [-0.1, -0.05) is 61.5 Å². The highest BCUT2D eigenvalue weighted by Crippen LogP contribution is 2.41. The molecule has 0 aromatic heterocycles. The van der Waals surface area contributed by atoms with Crippen LogP contribution in [0.25, 0.3) is 11.1 Å². The molecule has 1 aliphatic heterocycles. The van der Waals surface area contributed by atoms with Gasteiger partial charge in [-0.3, -0.25) is 14.2 Å². The SMILES string of the molecule is CCC(c1ccc(C2(c3cccc(-c4cccc(OC)c4)c3)N=C(N)N(C)C2=O)cc1)S(=O)(=O)O. The summed E-state index contributed by atoms with van der Waals surface area (Å²) in [5, 5.41) is -1.06. The highest BCUT2D eigenvalue weighted by atomic mass is 32.2. The molecule has 35 heavy (non-hydrogen) atoms. The molecule has 0 saturated carbocycles. The highest BCUT2D eigenvalue weighted by Gasteiger charge is 2.49. The molecule has 1 aliphatic rings. The van der Waals surface area contributed by atoms with Gasteiger partial charge in [-0.15, -0.1) is 0 Å². The number of nitrogens with zero attached hydrogens (tertiary/aromatic N) is 2. The number of benzene rings is 3. The van der Waals surface area contributed by atoms with Crippen molar-refractivity contribution < 1.29 is 22.5 Å². The third-order valence-corrected chi connectivity index (χ3v) is 7.68. The van der Waals surface area contributed by atoms with Gasteiger partial charge in [-0.2, -0.15) is 8.42 Å². The fraction of sp³-hybridized carbons (Fsp3) is 0.231. The third-order valence-electron chi connectivity index (χ3n) is 6.35. The van der Waals surface area contributed by atoms with Crippen LogP contribution in [0.3, 0.4) is 0 Å². The Morgan fingerprint density at radius 2 is 1.66 bits per heavy atom. The predicted molar refractivity (Wildman–Crippen MR) is 135 cm³/mol. The van der Waals surface area contributed by atoms with Crippen LogP contribution in [0.1, 0.15) is 35.3 Å². The molecule has 1 heterocycles. The van der Waals surface area contributed by atoms with Crippen molar-refractivity contribution in [1.29, 1.82) is 0 Å². The van der Waals surface area contributed by atoms with E-state index in [1.807, 2.05) is 48.5 Å². The van der Waals surface area contributed by atoms with Gasteiger partial charge in [0.1, 0.15) is 11.0 Å². The van der Waals surface area contributed by atoms with Crippen LogP contribution in [0, 0.1) is 0 Å². The fourth-order valence-electron chi connectivity index (χ4n) is 4.47. The lowest BCUT2D eigenvalue weighted by Crippen LogP contribution is -2.41. The molecule has 0 spiro atoms. The normalized spacial score (nSPS) is 18.9. The topological polar surface area (TPSA) is 122 Å². The molecule has 0 bridgehead atoms. The Morgan fingerprint density at radius 1 is 1.03 bits per heavy atom. The lowest BCUT2D eigenvalue weighted by Gasteiger charge is -2.27. The lowest BCUT2D eigenvalue weighted by molar-refractivity contribution is -0.129. The Hall–Kier alpha value is -3.69. The van der Waals surface area contributed by atoms with E-state index in [1.165, 1.54) is 4.90 Å². The molecule has 0 fully saturated rings. The number of amides is 1. The number of carbonyl (C=O) groups excluding carboxylic acids is 1. The fourth-order valence-corrected chi connectivity index (χ4v) is 5.39.